The topological polar surface area (TPSA) is 89.1 Å². The van der Waals surface area contributed by atoms with E-state index in [1.807, 2.05) is 0 Å². The third-order valence-electron chi connectivity index (χ3n) is 2.74. The number of aromatic nitrogens is 4. The largest absolute Gasteiger partial charge is 0.368 e. The van der Waals surface area contributed by atoms with Gasteiger partial charge in [-0.15, -0.1) is 5.10 Å². The lowest BCUT2D eigenvalue weighted by molar-refractivity contribution is 0.642. The average Bonchev–Trinajstić information content (AvgIpc) is 2.68. The molecule has 6 heteroatoms. The number of nitrogen functional groups attached to an aromatic ring is 1. The Bertz CT molecular complexity index is 556. The normalized spacial score (nSPS) is 11.1. The number of H-pyrrole nitrogens is 1. The summed E-state index contributed by atoms with van der Waals surface area (Å²) in [5.74, 6) is 0.921. The first-order chi connectivity index (χ1) is 8.22. The first-order valence-corrected chi connectivity index (χ1v) is 5.94. The van der Waals surface area contributed by atoms with Crippen molar-refractivity contribution in [2.75, 3.05) is 5.73 Å². The number of anilines is 1. The van der Waals surface area contributed by atoms with Gasteiger partial charge in [0.25, 0.3) is 5.56 Å². The fourth-order valence-electron chi connectivity index (χ4n) is 1.84. The zero-order valence-electron chi connectivity index (χ0n) is 9.94. The van der Waals surface area contributed by atoms with Crippen LogP contribution in [0.1, 0.15) is 38.4 Å². The molecule has 0 atom stereocenters. The van der Waals surface area contributed by atoms with Crippen molar-refractivity contribution in [1.82, 2.24) is 19.6 Å². The van der Waals surface area contributed by atoms with Gasteiger partial charge in [0.05, 0.1) is 6.20 Å². The zero-order chi connectivity index (χ0) is 12.3. The van der Waals surface area contributed by atoms with Gasteiger partial charge in [-0.05, 0) is 6.42 Å². The third kappa shape index (κ3) is 2.46. The van der Waals surface area contributed by atoms with Gasteiger partial charge in [0, 0.05) is 6.42 Å². The lowest BCUT2D eigenvalue weighted by atomic mass is 10.1. The summed E-state index contributed by atoms with van der Waals surface area (Å²) in [5.41, 5.74) is 5.72. The van der Waals surface area contributed by atoms with Crippen LogP contribution in [0.15, 0.2) is 11.0 Å². The van der Waals surface area contributed by atoms with Gasteiger partial charge in [0.2, 0.25) is 5.95 Å². The lowest BCUT2D eigenvalue weighted by Gasteiger charge is -2.00. The Kier molecular flexibility index (Phi) is 3.41. The summed E-state index contributed by atoms with van der Waals surface area (Å²) in [6.07, 6.45) is 7.02. The Hall–Kier alpha value is -1.85. The highest BCUT2D eigenvalue weighted by Gasteiger charge is 2.08. The second-order valence-electron chi connectivity index (χ2n) is 4.12. The van der Waals surface area contributed by atoms with E-state index in [4.69, 9.17) is 5.73 Å². The first-order valence-electron chi connectivity index (χ1n) is 5.94. The molecule has 2 rings (SSSR count). The summed E-state index contributed by atoms with van der Waals surface area (Å²) < 4.78 is 1.54. The van der Waals surface area contributed by atoms with Crippen molar-refractivity contribution in [1.29, 1.82) is 0 Å². The Morgan fingerprint density at radius 2 is 2.24 bits per heavy atom. The Morgan fingerprint density at radius 3 is 3.00 bits per heavy atom. The quantitative estimate of drug-likeness (QED) is 0.760. The maximum absolute atomic E-state index is 11.6. The van der Waals surface area contributed by atoms with Crippen LogP contribution in [-0.4, -0.2) is 19.6 Å². The summed E-state index contributed by atoms with van der Waals surface area (Å²) in [6.45, 7) is 2.17. The van der Waals surface area contributed by atoms with Gasteiger partial charge in [-0.25, -0.2) is 9.50 Å². The van der Waals surface area contributed by atoms with Crippen LogP contribution in [0.2, 0.25) is 0 Å². The monoisotopic (exact) mass is 235 g/mol. The second kappa shape index (κ2) is 4.99. The minimum absolute atomic E-state index is 0.121. The molecule has 2 aromatic heterocycles. The van der Waals surface area contributed by atoms with Gasteiger partial charge in [-0.1, -0.05) is 26.2 Å². The summed E-state index contributed by atoms with van der Waals surface area (Å²) in [7, 11) is 0. The van der Waals surface area contributed by atoms with Gasteiger partial charge in [0.15, 0.2) is 5.52 Å². The van der Waals surface area contributed by atoms with E-state index in [1.54, 1.807) is 10.7 Å². The second-order valence-corrected chi connectivity index (χ2v) is 4.12. The molecule has 0 aromatic carbocycles. The lowest BCUT2D eigenvalue weighted by Crippen LogP contribution is -2.16. The summed E-state index contributed by atoms with van der Waals surface area (Å²) in [6, 6.07) is 0. The van der Waals surface area contributed by atoms with E-state index in [0.29, 0.717) is 5.52 Å². The highest BCUT2D eigenvalue weighted by atomic mass is 16.1. The number of unbranched alkanes of at least 4 members (excludes halogenated alkanes) is 3. The fourth-order valence-corrected chi connectivity index (χ4v) is 1.84. The van der Waals surface area contributed by atoms with Crippen molar-refractivity contribution >= 4 is 11.5 Å². The Balaban J connectivity index is 2.21. The number of aromatic amines is 1. The summed E-state index contributed by atoms with van der Waals surface area (Å²) >= 11 is 0. The van der Waals surface area contributed by atoms with Crippen LogP contribution < -0.4 is 11.3 Å². The van der Waals surface area contributed by atoms with E-state index in [1.165, 1.54) is 19.3 Å². The molecule has 17 heavy (non-hydrogen) atoms. The van der Waals surface area contributed by atoms with Gasteiger partial charge in [-0.3, -0.25) is 9.78 Å². The fraction of sp³-hybridized carbons (Fsp3) is 0.545. The molecule has 0 saturated heterocycles. The van der Waals surface area contributed by atoms with Crippen LogP contribution in [0.3, 0.4) is 0 Å². The van der Waals surface area contributed by atoms with Crippen molar-refractivity contribution in [2.24, 2.45) is 0 Å². The molecule has 6 nitrogen and oxygen atoms in total. The highest BCUT2D eigenvalue weighted by Crippen LogP contribution is 2.07. The SMILES string of the molecule is CCCCCCc1ncc2c(=O)[nH]c(N)nn12. The summed E-state index contributed by atoms with van der Waals surface area (Å²) in [5, 5.41) is 4.07. The van der Waals surface area contributed by atoms with E-state index < -0.39 is 0 Å². The van der Waals surface area contributed by atoms with E-state index in [9.17, 15) is 4.79 Å². The van der Waals surface area contributed by atoms with E-state index in [0.717, 1.165) is 18.7 Å². The maximum atomic E-state index is 11.6. The molecular formula is C11H17N5O. The van der Waals surface area contributed by atoms with Crippen molar-refractivity contribution in [3.05, 3.63) is 22.4 Å². The van der Waals surface area contributed by atoms with E-state index >= 15 is 0 Å². The molecule has 0 unspecified atom stereocenters. The number of nitrogens with one attached hydrogen (secondary N) is 1. The number of hydrogen-bond donors (Lipinski definition) is 2. The minimum Gasteiger partial charge on any atom is -0.368 e. The molecule has 0 radical (unpaired) electrons. The molecule has 0 aliphatic heterocycles. The van der Waals surface area contributed by atoms with Crippen molar-refractivity contribution in [3.63, 3.8) is 0 Å². The number of nitrogens with two attached hydrogens (primary N) is 1. The Morgan fingerprint density at radius 1 is 1.41 bits per heavy atom. The first kappa shape index (κ1) is 11.6. The van der Waals surface area contributed by atoms with Crippen molar-refractivity contribution in [2.45, 2.75) is 39.0 Å². The van der Waals surface area contributed by atoms with Crippen LogP contribution >= 0.6 is 0 Å². The van der Waals surface area contributed by atoms with Crippen molar-refractivity contribution < 1.29 is 0 Å². The van der Waals surface area contributed by atoms with Crippen LogP contribution in [-0.2, 0) is 6.42 Å². The predicted molar refractivity (Wildman–Crippen MR) is 65.9 cm³/mol. The van der Waals surface area contributed by atoms with Gasteiger partial charge in [0.1, 0.15) is 5.82 Å². The predicted octanol–water partition coefficient (Wildman–Crippen LogP) is 1.12. The van der Waals surface area contributed by atoms with Crippen LogP contribution in [0.25, 0.3) is 5.52 Å². The number of fused-ring (bicyclic) bond motifs is 1. The van der Waals surface area contributed by atoms with Crippen LogP contribution in [0.5, 0.6) is 0 Å². The number of rotatable bonds is 5. The number of nitrogens with zero attached hydrogens (tertiary/aromatic N) is 3. The molecule has 0 amide bonds. The molecule has 0 saturated carbocycles. The number of aryl methyl sites for hydroxylation is 1. The Labute approximate surface area is 98.9 Å². The molecule has 0 aliphatic carbocycles. The minimum atomic E-state index is -0.246. The maximum Gasteiger partial charge on any atom is 0.278 e. The molecule has 2 heterocycles. The molecule has 92 valence electrons. The molecular weight excluding hydrogens is 218 g/mol. The van der Waals surface area contributed by atoms with E-state index in [2.05, 4.69) is 22.0 Å². The molecule has 0 aliphatic rings. The smallest absolute Gasteiger partial charge is 0.278 e. The van der Waals surface area contributed by atoms with Gasteiger partial charge >= 0.3 is 0 Å². The number of imidazole rings is 1. The van der Waals surface area contributed by atoms with Gasteiger partial charge in [-0.2, -0.15) is 0 Å². The van der Waals surface area contributed by atoms with Crippen LogP contribution in [0, 0.1) is 0 Å². The highest BCUT2D eigenvalue weighted by molar-refractivity contribution is 5.43. The molecule has 0 bridgehead atoms. The molecule has 2 aromatic rings. The van der Waals surface area contributed by atoms with Crippen LogP contribution in [0.4, 0.5) is 5.95 Å². The third-order valence-corrected chi connectivity index (χ3v) is 2.74. The van der Waals surface area contributed by atoms with Crippen molar-refractivity contribution in [3.8, 4) is 0 Å². The zero-order valence-corrected chi connectivity index (χ0v) is 9.94. The van der Waals surface area contributed by atoms with Gasteiger partial charge < -0.3 is 5.73 Å². The average molecular weight is 235 g/mol. The van der Waals surface area contributed by atoms with E-state index in [-0.39, 0.29) is 11.5 Å². The molecule has 0 spiro atoms. The molecule has 3 N–H and O–H groups in total. The standard InChI is InChI=1S/C11H17N5O/c1-2-3-4-5-6-9-13-7-8-10(17)14-11(12)15-16(8)9/h7H,2-6H2,1H3,(H3,12,14,15,17). The number of hydrogen-bond acceptors (Lipinski definition) is 4. The molecule has 0 fully saturated rings. The summed E-state index contributed by atoms with van der Waals surface area (Å²) in [4.78, 5) is 18.2.